The van der Waals surface area contributed by atoms with Gasteiger partial charge in [0.25, 0.3) is 11.8 Å². The Bertz CT molecular complexity index is 1220. The molecule has 0 fully saturated rings. The van der Waals surface area contributed by atoms with E-state index in [1.54, 1.807) is 36.4 Å². The number of aromatic nitrogens is 1. The molecule has 0 aliphatic heterocycles. The van der Waals surface area contributed by atoms with Gasteiger partial charge in [0, 0.05) is 12.2 Å². The standard InChI is InChI=1S/C25H29N5O5S/c1-14(2)12-13-28-24(33)21(15-4-8-17(31)9-5-15)30(16-6-10-18(35-3)11-7-16)25(34)22-19(26)20(23(27)32)29-36-22/h4-11,14,21,31H,12-13,26H2,1-3H3,(H2,27,32)(H,28,33). The number of methoxy groups -OCH3 is 1. The third-order valence-electron chi connectivity index (χ3n) is 5.46. The van der Waals surface area contributed by atoms with E-state index in [0.717, 1.165) is 18.0 Å². The summed E-state index contributed by atoms with van der Waals surface area (Å²) in [5.41, 5.74) is 11.9. The Morgan fingerprint density at radius 3 is 2.28 bits per heavy atom. The van der Waals surface area contributed by atoms with E-state index in [4.69, 9.17) is 16.2 Å². The zero-order valence-corrected chi connectivity index (χ0v) is 21.0. The number of ether oxygens (including phenoxy) is 1. The number of rotatable bonds is 10. The minimum absolute atomic E-state index is 0.0119. The molecule has 3 amide bonds. The molecule has 0 saturated heterocycles. The average Bonchev–Trinajstić information content (AvgIpc) is 3.24. The SMILES string of the molecule is COc1ccc(N(C(=O)c2snc(C(N)=O)c2N)C(C(=O)NCCC(C)C)c2ccc(O)cc2)cc1. The first-order valence-corrected chi connectivity index (χ1v) is 12.0. The highest BCUT2D eigenvalue weighted by Crippen LogP contribution is 2.34. The molecule has 0 aliphatic rings. The predicted molar refractivity (Wildman–Crippen MR) is 138 cm³/mol. The van der Waals surface area contributed by atoms with Gasteiger partial charge in [-0.1, -0.05) is 26.0 Å². The van der Waals surface area contributed by atoms with Gasteiger partial charge in [-0.05, 0) is 65.8 Å². The molecule has 1 unspecified atom stereocenters. The van der Waals surface area contributed by atoms with E-state index in [-0.39, 0.29) is 22.0 Å². The van der Waals surface area contributed by atoms with Crippen molar-refractivity contribution in [2.45, 2.75) is 26.3 Å². The van der Waals surface area contributed by atoms with Crippen molar-refractivity contribution in [3.8, 4) is 11.5 Å². The number of phenols is 1. The minimum Gasteiger partial charge on any atom is -0.508 e. The van der Waals surface area contributed by atoms with Gasteiger partial charge in [-0.25, -0.2) is 0 Å². The Kier molecular flexibility index (Phi) is 8.49. The maximum Gasteiger partial charge on any atom is 0.273 e. The van der Waals surface area contributed by atoms with Gasteiger partial charge in [-0.3, -0.25) is 19.3 Å². The van der Waals surface area contributed by atoms with Gasteiger partial charge in [0.15, 0.2) is 5.69 Å². The quantitative estimate of drug-likeness (QED) is 0.325. The monoisotopic (exact) mass is 511 g/mol. The molecule has 11 heteroatoms. The lowest BCUT2D eigenvalue weighted by Crippen LogP contribution is -2.44. The van der Waals surface area contributed by atoms with Crippen molar-refractivity contribution in [1.82, 2.24) is 9.69 Å². The van der Waals surface area contributed by atoms with Gasteiger partial charge in [-0.2, -0.15) is 4.37 Å². The van der Waals surface area contributed by atoms with Crippen LogP contribution < -0.4 is 26.4 Å². The van der Waals surface area contributed by atoms with E-state index in [0.29, 0.717) is 29.5 Å². The van der Waals surface area contributed by atoms with E-state index in [1.807, 2.05) is 13.8 Å². The van der Waals surface area contributed by atoms with Crippen molar-refractivity contribution < 1.29 is 24.2 Å². The average molecular weight is 512 g/mol. The summed E-state index contributed by atoms with van der Waals surface area (Å²) in [7, 11) is 1.52. The molecular weight excluding hydrogens is 482 g/mol. The third-order valence-corrected chi connectivity index (χ3v) is 6.31. The van der Waals surface area contributed by atoms with Crippen LogP contribution in [0, 0.1) is 5.92 Å². The Labute approximate surface area is 213 Å². The molecule has 0 saturated carbocycles. The largest absolute Gasteiger partial charge is 0.508 e. The van der Waals surface area contributed by atoms with Gasteiger partial charge in [-0.15, -0.1) is 0 Å². The molecule has 0 radical (unpaired) electrons. The summed E-state index contributed by atoms with van der Waals surface area (Å²) in [6.45, 7) is 4.49. The molecular formula is C25H29N5O5S. The Hall–Kier alpha value is -4.12. The van der Waals surface area contributed by atoms with Crippen LogP contribution in [0.25, 0.3) is 0 Å². The molecule has 2 aromatic carbocycles. The molecule has 10 nitrogen and oxygen atoms in total. The van der Waals surface area contributed by atoms with Crippen molar-refractivity contribution >= 4 is 40.6 Å². The second-order valence-corrected chi connectivity index (χ2v) is 9.25. The van der Waals surface area contributed by atoms with Gasteiger partial charge in [0.05, 0.1) is 12.8 Å². The van der Waals surface area contributed by atoms with Crippen LogP contribution in [-0.4, -0.2) is 40.9 Å². The van der Waals surface area contributed by atoms with E-state index in [2.05, 4.69) is 9.69 Å². The summed E-state index contributed by atoms with van der Waals surface area (Å²) in [6, 6.07) is 11.5. The first-order chi connectivity index (χ1) is 17.1. The lowest BCUT2D eigenvalue weighted by atomic mass is 10.0. The number of nitrogens with zero attached hydrogens (tertiary/aromatic N) is 2. The lowest BCUT2D eigenvalue weighted by Gasteiger charge is -2.31. The summed E-state index contributed by atoms with van der Waals surface area (Å²) in [6.07, 6.45) is 0.744. The number of hydrogen-bond acceptors (Lipinski definition) is 8. The van der Waals surface area contributed by atoms with Crippen molar-refractivity contribution in [1.29, 1.82) is 0 Å². The normalized spacial score (nSPS) is 11.7. The maximum atomic E-state index is 13.9. The number of phenolic OH excluding ortho intramolecular Hbond substituents is 1. The highest BCUT2D eigenvalue weighted by atomic mass is 32.1. The number of primary amides is 1. The number of amides is 3. The van der Waals surface area contributed by atoms with Crippen LogP contribution in [0.3, 0.4) is 0 Å². The zero-order valence-electron chi connectivity index (χ0n) is 20.2. The van der Waals surface area contributed by atoms with Crippen LogP contribution in [0.4, 0.5) is 11.4 Å². The number of hydrogen-bond donors (Lipinski definition) is 4. The molecule has 0 aliphatic carbocycles. The third kappa shape index (κ3) is 5.92. The molecule has 3 rings (SSSR count). The van der Waals surface area contributed by atoms with Crippen molar-refractivity contribution in [3.63, 3.8) is 0 Å². The number of aromatic hydroxyl groups is 1. The van der Waals surface area contributed by atoms with Crippen molar-refractivity contribution in [2.75, 3.05) is 24.3 Å². The van der Waals surface area contributed by atoms with E-state index >= 15 is 0 Å². The molecule has 3 aromatic rings. The molecule has 0 bridgehead atoms. The van der Waals surface area contributed by atoms with E-state index < -0.39 is 23.8 Å². The summed E-state index contributed by atoms with van der Waals surface area (Å²) >= 11 is 0.728. The molecule has 1 aromatic heterocycles. The van der Waals surface area contributed by atoms with Gasteiger partial charge >= 0.3 is 0 Å². The number of benzene rings is 2. The van der Waals surface area contributed by atoms with E-state index in [9.17, 15) is 19.5 Å². The van der Waals surface area contributed by atoms with Gasteiger partial charge < -0.3 is 26.6 Å². The summed E-state index contributed by atoms with van der Waals surface area (Å²) in [4.78, 5) is 40.5. The second-order valence-electron chi connectivity index (χ2n) is 8.48. The molecule has 1 atom stereocenters. The smallest absolute Gasteiger partial charge is 0.273 e. The fraction of sp³-hybridized carbons (Fsp3) is 0.280. The fourth-order valence-electron chi connectivity index (χ4n) is 3.52. The van der Waals surface area contributed by atoms with Crippen molar-refractivity contribution in [2.24, 2.45) is 11.7 Å². The molecule has 190 valence electrons. The summed E-state index contributed by atoms with van der Waals surface area (Å²) in [5.74, 6) is -0.996. The maximum absolute atomic E-state index is 13.9. The highest BCUT2D eigenvalue weighted by Gasteiger charge is 2.36. The van der Waals surface area contributed by atoms with E-state index in [1.165, 1.54) is 24.1 Å². The number of nitrogens with two attached hydrogens (primary N) is 2. The Morgan fingerprint density at radius 1 is 1.11 bits per heavy atom. The Morgan fingerprint density at radius 2 is 1.75 bits per heavy atom. The minimum atomic E-state index is -1.13. The molecule has 1 heterocycles. The van der Waals surface area contributed by atoms with Gasteiger partial charge in [0.2, 0.25) is 5.91 Å². The Balaban J connectivity index is 2.15. The van der Waals surface area contributed by atoms with Crippen LogP contribution >= 0.6 is 11.5 Å². The number of anilines is 2. The number of nitrogen functional groups attached to an aromatic ring is 1. The van der Waals surface area contributed by atoms with Crippen LogP contribution in [0.5, 0.6) is 11.5 Å². The molecule has 36 heavy (non-hydrogen) atoms. The lowest BCUT2D eigenvalue weighted by molar-refractivity contribution is -0.122. The first-order valence-electron chi connectivity index (χ1n) is 11.2. The molecule has 0 spiro atoms. The summed E-state index contributed by atoms with van der Waals surface area (Å²) < 4.78 is 9.17. The first kappa shape index (κ1) is 26.5. The number of nitrogens with one attached hydrogen (secondary N) is 1. The number of carbonyl (C=O) groups excluding carboxylic acids is 3. The van der Waals surface area contributed by atoms with Gasteiger partial charge in [0.1, 0.15) is 22.4 Å². The highest BCUT2D eigenvalue weighted by molar-refractivity contribution is 7.09. The topological polar surface area (TPSA) is 161 Å². The molecule has 6 N–H and O–H groups in total. The van der Waals surface area contributed by atoms with Crippen LogP contribution in [0.1, 0.15) is 52.0 Å². The van der Waals surface area contributed by atoms with Crippen LogP contribution in [0.2, 0.25) is 0 Å². The zero-order chi connectivity index (χ0) is 26.4. The summed E-state index contributed by atoms with van der Waals surface area (Å²) in [5, 5.41) is 12.7. The predicted octanol–water partition coefficient (Wildman–Crippen LogP) is 3.09. The van der Waals surface area contributed by atoms with Crippen LogP contribution in [0.15, 0.2) is 48.5 Å². The van der Waals surface area contributed by atoms with Crippen molar-refractivity contribution in [3.05, 3.63) is 64.7 Å². The second kappa shape index (κ2) is 11.5. The van der Waals surface area contributed by atoms with Crippen LogP contribution in [-0.2, 0) is 4.79 Å². The number of carbonyl (C=O) groups is 3. The fourth-order valence-corrected chi connectivity index (χ4v) is 4.26.